The monoisotopic (exact) mass is 352 g/mol. The molecule has 0 spiro atoms. The van der Waals surface area contributed by atoms with Crippen LogP contribution < -0.4 is 0 Å². The molecule has 6 heteroatoms. The third-order valence-electron chi connectivity index (χ3n) is 3.85. The van der Waals surface area contributed by atoms with E-state index >= 15 is 0 Å². The van der Waals surface area contributed by atoms with E-state index in [4.69, 9.17) is 0 Å². The van der Waals surface area contributed by atoms with E-state index in [-0.39, 0.29) is 0 Å². The third-order valence-corrected chi connectivity index (χ3v) is 6.57. The molecule has 23 heavy (non-hydrogen) atoms. The number of thiophene rings is 1. The highest BCUT2D eigenvalue weighted by Gasteiger charge is 2.25. The number of likely N-dealkylation sites (N-methyl/N-ethyl adjacent to an activating group) is 1. The van der Waals surface area contributed by atoms with Crippen LogP contribution in [0.5, 0.6) is 0 Å². The fourth-order valence-corrected chi connectivity index (χ4v) is 4.63. The predicted molar refractivity (Wildman–Crippen MR) is 96.1 cm³/mol. The minimum Gasteiger partial charge on any atom is -0.303 e. The van der Waals surface area contributed by atoms with Crippen molar-refractivity contribution in [1.82, 2.24) is 9.21 Å². The van der Waals surface area contributed by atoms with Crippen LogP contribution in [0.2, 0.25) is 0 Å². The summed E-state index contributed by atoms with van der Waals surface area (Å²) in [6.07, 6.45) is 0. The summed E-state index contributed by atoms with van der Waals surface area (Å²) in [7, 11) is -3.48. The highest BCUT2D eigenvalue weighted by atomic mass is 32.2. The first-order valence-corrected chi connectivity index (χ1v) is 10.2. The van der Waals surface area contributed by atoms with Crippen LogP contribution in [0.15, 0.2) is 52.7 Å². The topological polar surface area (TPSA) is 40.6 Å². The molecule has 0 aliphatic heterocycles. The number of sulfonamides is 1. The van der Waals surface area contributed by atoms with Crippen LogP contribution in [0.4, 0.5) is 0 Å². The van der Waals surface area contributed by atoms with E-state index in [1.807, 2.05) is 23.6 Å². The minimum atomic E-state index is -3.48. The van der Waals surface area contributed by atoms with E-state index in [9.17, 15) is 8.42 Å². The maximum atomic E-state index is 13.0. The first kappa shape index (κ1) is 18.1. The maximum Gasteiger partial charge on any atom is 0.243 e. The summed E-state index contributed by atoms with van der Waals surface area (Å²) in [6, 6.07) is 12.6. The van der Waals surface area contributed by atoms with Crippen molar-refractivity contribution in [3.63, 3.8) is 0 Å². The highest BCUT2D eigenvalue weighted by Crippen LogP contribution is 2.20. The normalized spacial score (nSPS) is 12.2. The predicted octanol–water partition coefficient (Wildman–Crippen LogP) is 3.28. The van der Waals surface area contributed by atoms with Gasteiger partial charge in [-0.3, -0.25) is 0 Å². The Balaban J connectivity index is 2.21. The zero-order chi connectivity index (χ0) is 16.7. The van der Waals surface area contributed by atoms with E-state index < -0.39 is 10.0 Å². The molecule has 0 amide bonds. The number of hydrogen-bond donors (Lipinski definition) is 0. The van der Waals surface area contributed by atoms with Gasteiger partial charge in [0.05, 0.1) is 4.90 Å². The Morgan fingerprint density at radius 3 is 2.22 bits per heavy atom. The summed E-state index contributed by atoms with van der Waals surface area (Å²) < 4.78 is 27.5. The molecule has 2 rings (SSSR count). The van der Waals surface area contributed by atoms with Crippen LogP contribution in [-0.2, 0) is 16.6 Å². The van der Waals surface area contributed by atoms with Gasteiger partial charge in [-0.15, -0.1) is 11.3 Å². The average molecular weight is 353 g/mol. The lowest BCUT2D eigenvalue weighted by atomic mass is 10.4. The summed E-state index contributed by atoms with van der Waals surface area (Å²) >= 11 is 1.59. The van der Waals surface area contributed by atoms with Gasteiger partial charge >= 0.3 is 0 Å². The van der Waals surface area contributed by atoms with Gasteiger partial charge < -0.3 is 4.90 Å². The second kappa shape index (κ2) is 8.59. The second-order valence-corrected chi connectivity index (χ2v) is 8.23. The molecule has 0 saturated carbocycles. The Labute approximate surface area is 143 Å². The van der Waals surface area contributed by atoms with Crippen molar-refractivity contribution in [1.29, 1.82) is 0 Å². The molecule has 0 bridgehead atoms. The molecule has 126 valence electrons. The van der Waals surface area contributed by atoms with Crippen molar-refractivity contribution in [2.24, 2.45) is 0 Å². The Morgan fingerprint density at radius 1 is 0.957 bits per heavy atom. The molecule has 1 heterocycles. The van der Waals surface area contributed by atoms with Crippen LogP contribution in [0.3, 0.4) is 0 Å². The van der Waals surface area contributed by atoms with Crippen molar-refractivity contribution in [3.05, 3.63) is 52.7 Å². The molecule has 0 fully saturated rings. The summed E-state index contributed by atoms with van der Waals surface area (Å²) in [5, 5.41) is 1.98. The maximum absolute atomic E-state index is 13.0. The van der Waals surface area contributed by atoms with Gasteiger partial charge in [-0.2, -0.15) is 4.31 Å². The van der Waals surface area contributed by atoms with Crippen molar-refractivity contribution in [3.8, 4) is 0 Å². The Morgan fingerprint density at radius 2 is 1.65 bits per heavy atom. The molecule has 4 nitrogen and oxygen atoms in total. The smallest absolute Gasteiger partial charge is 0.243 e. The summed E-state index contributed by atoms with van der Waals surface area (Å²) in [5.74, 6) is 0. The summed E-state index contributed by atoms with van der Waals surface area (Å²) in [5.41, 5.74) is 0. The number of hydrogen-bond acceptors (Lipinski definition) is 4. The van der Waals surface area contributed by atoms with Gasteiger partial charge in [0.25, 0.3) is 0 Å². The molecule has 0 radical (unpaired) electrons. The van der Waals surface area contributed by atoms with Crippen LogP contribution in [0.25, 0.3) is 0 Å². The summed E-state index contributed by atoms with van der Waals surface area (Å²) in [6.45, 7) is 7.71. The average Bonchev–Trinajstić information content (AvgIpc) is 3.08. The lowest BCUT2D eigenvalue weighted by Crippen LogP contribution is -2.38. The zero-order valence-electron chi connectivity index (χ0n) is 13.7. The van der Waals surface area contributed by atoms with Gasteiger partial charge in [-0.1, -0.05) is 38.1 Å². The van der Waals surface area contributed by atoms with Crippen molar-refractivity contribution >= 4 is 21.4 Å². The van der Waals surface area contributed by atoms with Gasteiger partial charge in [0.2, 0.25) is 10.0 Å². The van der Waals surface area contributed by atoms with E-state index in [1.54, 1.807) is 39.9 Å². The van der Waals surface area contributed by atoms with E-state index in [1.165, 1.54) is 0 Å². The summed E-state index contributed by atoms with van der Waals surface area (Å²) in [4.78, 5) is 3.65. The van der Waals surface area contributed by atoms with Gasteiger partial charge in [0.15, 0.2) is 0 Å². The molecular weight excluding hydrogens is 328 g/mol. The lowest BCUT2D eigenvalue weighted by Gasteiger charge is -2.25. The fraction of sp³-hybridized carbons (Fsp3) is 0.412. The molecule has 0 aliphatic rings. The van der Waals surface area contributed by atoms with Gasteiger partial charge in [-0.05, 0) is 36.7 Å². The van der Waals surface area contributed by atoms with Crippen LogP contribution in [0.1, 0.15) is 18.7 Å². The number of benzene rings is 1. The van der Waals surface area contributed by atoms with Gasteiger partial charge in [0.1, 0.15) is 0 Å². The largest absolute Gasteiger partial charge is 0.303 e. The number of nitrogens with zero attached hydrogens (tertiary/aromatic N) is 2. The first-order valence-electron chi connectivity index (χ1n) is 7.87. The van der Waals surface area contributed by atoms with Crippen molar-refractivity contribution in [2.75, 3.05) is 26.2 Å². The molecule has 0 aliphatic carbocycles. The third kappa shape index (κ3) is 4.88. The zero-order valence-corrected chi connectivity index (χ0v) is 15.3. The Hall–Kier alpha value is -1.21. The SMILES string of the molecule is CCN(CC)CCN(Cc1cccs1)S(=O)(=O)c1ccccc1. The van der Waals surface area contributed by atoms with E-state index in [2.05, 4.69) is 18.7 Å². The van der Waals surface area contributed by atoms with Gasteiger partial charge in [-0.25, -0.2) is 8.42 Å². The molecule has 1 aromatic heterocycles. The van der Waals surface area contributed by atoms with Crippen LogP contribution in [-0.4, -0.2) is 43.8 Å². The van der Waals surface area contributed by atoms with Crippen molar-refractivity contribution < 1.29 is 8.42 Å². The van der Waals surface area contributed by atoms with E-state index in [0.29, 0.717) is 18.0 Å². The van der Waals surface area contributed by atoms with E-state index in [0.717, 1.165) is 24.5 Å². The van der Waals surface area contributed by atoms with Crippen LogP contribution >= 0.6 is 11.3 Å². The Bertz CT molecular complexity index is 666. The second-order valence-electron chi connectivity index (χ2n) is 5.26. The highest BCUT2D eigenvalue weighted by molar-refractivity contribution is 7.89. The fourth-order valence-electron chi connectivity index (χ4n) is 2.39. The first-order chi connectivity index (χ1) is 11.1. The molecule has 0 N–H and O–H groups in total. The molecule has 0 atom stereocenters. The molecular formula is C17H24N2O2S2. The minimum absolute atomic E-state index is 0.358. The van der Waals surface area contributed by atoms with Crippen LogP contribution in [0, 0.1) is 0 Å². The molecule has 2 aromatic rings. The number of rotatable bonds is 9. The molecule has 0 saturated heterocycles. The van der Waals surface area contributed by atoms with Crippen molar-refractivity contribution in [2.45, 2.75) is 25.3 Å². The quantitative estimate of drug-likeness (QED) is 0.695. The standard InChI is InChI=1S/C17H24N2O2S2/c1-3-18(4-2)12-13-19(15-16-9-8-14-22-16)23(20,21)17-10-6-5-7-11-17/h5-11,14H,3-4,12-13,15H2,1-2H3. The molecule has 0 unspecified atom stereocenters. The lowest BCUT2D eigenvalue weighted by molar-refractivity contribution is 0.269. The molecule has 1 aromatic carbocycles. The Kier molecular flexibility index (Phi) is 6.77. The van der Waals surface area contributed by atoms with Gasteiger partial charge in [0, 0.05) is 24.5 Å².